The standard InChI is InChI=1S/C20H24N2O2/c1-14-3-8-19(15(2)13-14)21-17-4-6-18(7-5-17)22-20(23)16-9-11-24-12-10-16/h3-8,13,16,21H,9-12H2,1-2H3,(H,22,23). The Morgan fingerprint density at radius 3 is 2.33 bits per heavy atom. The van der Waals surface area contributed by atoms with Gasteiger partial charge in [-0.25, -0.2) is 0 Å². The second-order valence-corrected chi connectivity index (χ2v) is 6.40. The van der Waals surface area contributed by atoms with Crippen molar-refractivity contribution in [2.45, 2.75) is 26.7 Å². The second kappa shape index (κ2) is 7.49. The van der Waals surface area contributed by atoms with Gasteiger partial charge in [-0.2, -0.15) is 0 Å². The van der Waals surface area contributed by atoms with E-state index in [0.717, 1.165) is 29.9 Å². The molecular weight excluding hydrogens is 300 g/mol. The molecule has 0 bridgehead atoms. The maximum Gasteiger partial charge on any atom is 0.227 e. The lowest BCUT2D eigenvalue weighted by atomic mass is 9.99. The lowest BCUT2D eigenvalue weighted by Gasteiger charge is -2.21. The summed E-state index contributed by atoms with van der Waals surface area (Å²) in [6.45, 7) is 5.54. The molecule has 1 aliphatic heterocycles. The van der Waals surface area contributed by atoms with Gasteiger partial charge in [0.2, 0.25) is 5.91 Å². The summed E-state index contributed by atoms with van der Waals surface area (Å²) < 4.78 is 5.30. The van der Waals surface area contributed by atoms with E-state index in [1.54, 1.807) is 0 Å². The van der Waals surface area contributed by atoms with Crippen LogP contribution in [0.1, 0.15) is 24.0 Å². The van der Waals surface area contributed by atoms with E-state index in [1.165, 1.54) is 11.1 Å². The SMILES string of the molecule is Cc1ccc(Nc2ccc(NC(=O)C3CCOCC3)cc2)c(C)c1. The number of nitrogens with one attached hydrogen (secondary N) is 2. The molecule has 0 saturated carbocycles. The minimum atomic E-state index is 0.0618. The van der Waals surface area contributed by atoms with Crippen LogP contribution in [0.25, 0.3) is 0 Å². The van der Waals surface area contributed by atoms with Crippen LogP contribution < -0.4 is 10.6 Å². The van der Waals surface area contributed by atoms with Crippen molar-refractivity contribution in [2.24, 2.45) is 5.92 Å². The highest BCUT2D eigenvalue weighted by atomic mass is 16.5. The number of carbonyl (C=O) groups excluding carboxylic acids is 1. The summed E-state index contributed by atoms with van der Waals surface area (Å²) in [6, 6.07) is 14.2. The Bertz CT molecular complexity index is 704. The third-order valence-corrected chi connectivity index (χ3v) is 4.41. The molecule has 3 rings (SSSR count). The van der Waals surface area contributed by atoms with Gasteiger partial charge in [0.1, 0.15) is 0 Å². The second-order valence-electron chi connectivity index (χ2n) is 6.40. The molecular formula is C20H24N2O2. The Labute approximate surface area is 143 Å². The van der Waals surface area contributed by atoms with Crippen molar-refractivity contribution in [1.82, 2.24) is 0 Å². The molecule has 1 amide bonds. The maximum absolute atomic E-state index is 12.2. The van der Waals surface area contributed by atoms with Crippen molar-refractivity contribution < 1.29 is 9.53 Å². The van der Waals surface area contributed by atoms with Gasteiger partial charge in [0, 0.05) is 36.2 Å². The zero-order chi connectivity index (χ0) is 16.9. The highest BCUT2D eigenvalue weighted by Gasteiger charge is 2.21. The van der Waals surface area contributed by atoms with Crippen molar-refractivity contribution in [3.63, 3.8) is 0 Å². The summed E-state index contributed by atoms with van der Waals surface area (Å²) in [5.41, 5.74) is 5.40. The molecule has 0 aromatic heterocycles. The Hall–Kier alpha value is -2.33. The summed E-state index contributed by atoms with van der Waals surface area (Å²) >= 11 is 0. The Morgan fingerprint density at radius 2 is 1.67 bits per heavy atom. The minimum absolute atomic E-state index is 0.0618. The van der Waals surface area contributed by atoms with Crippen LogP contribution in [-0.2, 0) is 9.53 Å². The lowest BCUT2D eigenvalue weighted by molar-refractivity contribution is -0.122. The first-order valence-electron chi connectivity index (χ1n) is 8.45. The molecule has 0 unspecified atom stereocenters. The lowest BCUT2D eigenvalue weighted by Crippen LogP contribution is -2.28. The van der Waals surface area contributed by atoms with E-state index in [4.69, 9.17) is 4.74 Å². The molecule has 0 spiro atoms. The average Bonchev–Trinajstić information content (AvgIpc) is 2.60. The molecule has 2 aromatic carbocycles. The molecule has 0 radical (unpaired) electrons. The number of amides is 1. The van der Waals surface area contributed by atoms with Crippen LogP contribution in [0.4, 0.5) is 17.1 Å². The van der Waals surface area contributed by atoms with Gasteiger partial charge in [-0.15, -0.1) is 0 Å². The summed E-state index contributed by atoms with van der Waals surface area (Å²) in [5, 5.41) is 6.41. The van der Waals surface area contributed by atoms with Gasteiger partial charge >= 0.3 is 0 Å². The van der Waals surface area contributed by atoms with E-state index >= 15 is 0 Å². The summed E-state index contributed by atoms with van der Waals surface area (Å²) in [5.74, 6) is 0.153. The molecule has 4 nitrogen and oxygen atoms in total. The molecule has 1 heterocycles. The molecule has 2 aromatic rings. The van der Waals surface area contributed by atoms with E-state index in [1.807, 2.05) is 24.3 Å². The highest BCUT2D eigenvalue weighted by molar-refractivity contribution is 5.92. The van der Waals surface area contributed by atoms with Crippen LogP contribution in [0, 0.1) is 19.8 Å². The van der Waals surface area contributed by atoms with Gasteiger partial charge in [0.05, 0.1) is 0 Å². The summed E-state index contributed by atoms with van der Waals surface area (Å²) in [4.78, 5) is 12.2. The number of aryl methyl sites for hydroxylation is 2. The first-order valence-corrected chi connectivity index (χ1v) is 8.45. The summed E-state index contributed by atoms with van der Waals surface area (Å²) in [7, 11) is 0. The van der Waals surface area contributed by atoms with Gasteiger partial charge in [-0.3, -0.25) is 4.79 Å². The van der Waals surface area contributed by atoms with Crippen molar-refractivity contribution >= 4 is 23.0 Å². The monoisotopic (exact) mass is 324 g/mol. The van der Waals surface area contributed by atoms with E-state index < -0.39 is 0 Å². The van der Waals surface area contributed by atoms with Crippen LogP contribution in [0.15, 0.2) is 42.5 Å². The van der Waals surface area contributed by atoms with Crippen molar-refractivity contribution in [2.75, 3.05) is 23.8 Å². The smallest absolute Gasteiger partial charge is 0.227 e. The van der Waals surface area contributed by atoms with Gasteiger partial charge in [-0.05, 0) is 62.6 Å². The van der Waals surface area contributed by atoms with Crippen LogP contribution in [-0.4, -0.2) is 19.1 Å². The molecule has 0 aliphatic carbocycles. The van der Waals surface area contributed by atoms with Gasteiger partial charge in [0.15, 0.2) is 0 Å². The highest BCUT2D eigenvalue weighted by Crippen LogP contribution is 2.23. The first-order chi connectivity index (χ1) is 11.6. The van der Waals surface area contributed by atoms with Crippen molar-refractivity contribution in [3.05, 3.63) is 53.6 Å². The Morgan fingerprint density at radius 1 is 1.00 bits per heavy atom. The quantitative estimate of drug-likeness (QED) is 0.876. The third kappa shape index (κ3) is 4.15. The Balaban J connectivity index is 1.61. The number of ether oxygens (including phenoxy) is 1. The van der Waals surface area contributed by atoms with Crippen LogP contribution in [0.2, 0.25) is 0 Å². The maximum atomic E-state index is 12.2. The topological polar surface area (TPSA) is 50.4 Å². The first kappa shape index (κ1) is 16.5. The molecule has 4 heteroatoms. The molecule has 126 valence electrons. The number of benzene rings is 2. The average molecular weight is 324 g/mol. The molecule has 2 N–H and O–H groups in total. The number of hydrogen-bond acceptors (Lipinski definition) is 3. The Kier molecular flexibility index (Phi) is 5.16. The van der Waals surface area contributed by atoms with Crippen LogP contribution >= 0.6 is 0 Å². The van der Waals surface area contributed by atoms with Gasteiger partial charge in [-0.1, -0.05) is 17.7 Å². The number of hydrogen-bond donors (Lipinski definition) is 2. The normalized spacial score (nSPS) is 15.1. The zero-order valence-corrected chi connectivity index (χ0v) is 14.3. The number of rotatable bonds is 4. The van der Waals surface area contributed by atoms with E-state index in [2.05, 4.69) is 42.7 Å². The van der Waals surface area contributed by atoms with E-state index in [0.29, 0.717) is 13.2 Å². The van der Waals surface area contributed by atoms with Crippen LogP contribution in [0.5, 0.6) is 0 Å². The molecule has 1 saturated heterocycles. The third-order valence-electron chi connectivity index (χ3n) is 4.41. The van der Waals surface area contributed by atoms with Crippen molar-refractivity contribution in [3.8, 4) is 0 Å². The van der Waals surface area contributed by atoms with Gasteiger partial charge < -0.3 is 15.4 Å². The predicted molar refractivity (Wildman–Crippen MR) is 97.8 cm³/mol. The molecule has 1 fully saturated rings. The number of anilines is 3. The summed E-state index contributed by atoms with van der Waals surface area (Å²) in [6.07, 6.45) is 1.61. The number of carbonyl (C=O) groups is 1. The fraction of sp³-hybridized carbons (Fsp3) is 0.350. The van der Waals surface area contributed by atoms with E-state index in [-0.39, 0.29) is 11.8 Å². The van der Waals surface area contributed by atoms with Crippen LogP contribution in [0.3, 0.4) is 0 Å². The molecule has 24 heavy (non-hydrogen) atoms. The fourth-order valence-corrected chi connectivity index (χ4v) is 2.95. The zero-order valence-electron chi connectivity index (χ0n) is 14.3. The predicted octanol–water partition coefficient (Wildman–Crippen LogP) is 4.41. The molecule has 0 atom stereocenters. The van der Waals surface area contributed by atoms with E-state index in [9.17, 15) is 4.79 Å². The van der Waals surface area contributed by atoms with Crippen molar-refractivity contribution in [1.29, 1.82) is 0 Å². The minimum Gasteiger partial charge on any atom is -0.381 e. The largest absolute Gasteiger partial charge is 0.381 e. The fourth-order valence-electron chi connectivity index (χ4n) is 2.95. The van der Waals surface area contributed by atoms with Gasteiger partial charge in [0.25, 0.3) is 0 Å². The molecule has 1 aliphatic rings.